The number of aromatic nitrogens is 2. The highest BCUT2D eigenvalue weighted by molar-refractivity contribution is 7.89. The van der Waals surface area contributed by atoms with E-state index in [0.29, 0.717) is 18.9 Å². The molecule has 0 amide bonds. The minimum absolute atomic E-state index is 0.0746. The van der Waals surface area contributed by atoms with E-state index in [1.165, 1.54) is 22.5 Å². The summed E-state index contributed by atoms with van der Waals surface area (Å²) in [7, 11) is -3.82. The Morgan fingerprint density at radius 1 is 0.824 bits per heavy atom. The number of nitro benzene ring substituents is 1. The van der Waals surface area contributed by atoms with Gasteiger partial charge in [-0.05, 0) is 29.0 Å². The molecule has 10 heteroatoms. The van der Waals surface area contributed by atoms with E-state index < -0.39 is 14.9 Å². The number of nitrogens with zero attached hydrogens (tertiary/aromatic N) is 5. The van der Waals surface area contributed by atoms with Crippen molar-refractivity contribution in [3.05, 3.63) is 89.0 Å². The maximum absolute atomic E-state index is 13.0. The highest BCUT2D eigenvalue weighted by Crippen LogP contribution is 2.28. The zero-order valence-electron chi connectivity index (χ0n) is 18.1. The molecule has 2 heterocycles. The molecule has 0 aliphatic carbocycles. The molecule has 172 valence electrons. The summed E-state index contributed by atoms with van der Waals surface area (Å²) in [6, 6.07) is 23.1. The Morgan fingerprint density at radius 2 is 1.56 bits per heavy atom. The maximum Gasteiger partial charge on any atom is 0.270 e. The van der Waals surface area contributed by atoms with Gasteiger partial charge in [-0.2, -0.15) is 4.31 Å². The van der Waals surface area contributed by atoms with Crippen LogP contribution in [0.4, 0.5) is 11.5 Å². The van der Waals surface area contributed by atoms with Crippen molar-refractivity contribution in [2.45, 2.75) is 4.90 Å². The normalized spacial score (nSPS) is 14.9. The number of non-ortho nitro benzene ring substituents is 1. The number of fused-ring (bicyclic) bond motifs is 1. The summed E-state index contributed by atoms with van der Waals surface area (Å²) in [6.45, 7) is 1.38. The lowest BCUT2D eigenvalue weighted by atomic mass is 10.0. The van der Waals surface area contributed by atoms with E-state index in [1.54, 1.807) is 0 Å². The molecular formula is C24H21N5O4S. The molecule has 0 atom stereocenters. The van der Waals surface area contributed by atoms with Crippen LogP contribution in [-0.2, 0) is 10.0 Å². The van der Waals surface area contributed by atoms with E-state index >= 15 is 0 Å². The second-order valence-electron chi connectivity index (χ2n) is 7.95. The topological polar surface area (TPSA) is 110 Å². The summed E-state index contributed by atoms with van der Waals surface area (Å²) >= 11 is 0. The first-order chi connectivity index (χ1) is 16.4. The SMILES string of the molecule is O=[N+]([O-])c1cccc(S(=O)(=O)N2CCN(c3ccc(-c4cccc5ccccc45)nn3)CC2)c1. The Hall–Kier alpha value is -3.89. The van der Waals surface area contributed by atoms with Crippen LogP contribution in [0, 0.1) is 10.1 Å². The van der Waals surface area contributed by atoms with E-state index in [0.717, 1.165) is 28.1 Å². The van der Waals surface area contributed by atoms with Gasteiger partial charge in [-0.3, -0.25) is 10.1 Å². The van der Waals surface area contributed by atoms with Crippen LogP contribution in [0.5, 0.6) is 0 Å². The van der Waals surface area contributed by atoms with E-state index in [2.05, 4.69) is 28.4 Å². The van der Waals surface area contributed by atoms with Crippen molar-refractivity contribution in [1.29, 1.82) is 0 Å². The minimum Gasteiger partial charge on any atom is -0.352 e. The molecule has 0 spiro atoms. The molecule has 34 heavy (non-hydrogen) atoms. The van der Waals surface area contributed by atoms with Crippen LogP contribution in [0.3, 0.4) is 0 Å². The van der Waals surface area contributed by atoms with Crippen molar-refractivity contribution in [2.75, 3.05) is 31.1 Å². The fourth-order valence-corrected chi connectivity index (χ4v) is 5.61. The summed E-state index contributed by atoms with van der Waals surface area (Å²) < 4.78 is 27.3. The Labute approximate surface area is 196 Å². The number of nitro groups is 1. The fraction of sp³-hybridized carbons (Fsp3) is 0.167. The summed E-state index contributed by atoms with van der Waals surface area (Å²) in [5, 5.41) is 22.1. The molecule has 0 bridgehead atoms. The van der Waals surface area contributed by atoms with E-state index in [4.69, 9.17) is 0 Å². The van der Waals surface area contributed by atoms with Crippen LogP contribution >= 0.6 is 0 Å². The Balaban J connectivity index is 1.30. The average molecular weight is 476 g/mol. The first kappa shape index (κ1) is 21.9. The Kier molecular flexibility index (Phi) is 5.68. The number of rotatable bonds is 5. The molecular weight excluding hydrogens is 454 g/mol. The third kappa shape index (κ3) is 4.09. The van der Waals surface area contributed by atoms with E-state index in [1.807, 2.05) is 41.3 Å². The van der Waals surface area contributed by atoms with Crippen molar-refractivity contribution in [2.24, 2.45) is 0 Å². The fourth-order valence-electron chi connectivity index (χ4n) is 4.15. The predicted molar refractivity (Wildman–Crippen MR) is 129 cm³/mol. The second-order valence-corrected chi connectivity index (χ2v) is 9.89. The van der Waals surface area contributed by atoms with E-state index in [-0.39, 0.29) is 23.7 Å². The number of piperazine rings is 1. The van der Waals surface area contributed by atoms with Gasteiger partial charge < -0.3 is 4.90 Å². The average Bonchev–Trinajstić information content (AvgIpc) is 2.88. The summed E-state index contributed by atoms with van der Waals surface area (Å²) in [5.41, 5.74) is 1.53. The largest absolute Gasteiger partial charge is 0.352 e. The Morgan fingerprint density at radius 3 is 2.29 bits per heavy atom. The van der Waals surface area contributed by atoms with Crippen LogP contribution in [0.25, 0.3) is 22.0 Å². The lowest BCUT2D eigenvalue weighted by Crippen LogP contribution is -2.49. The maximum atomic E-state index is 13.0. The van der Waals surface area contributed by atoms with Crippen LogP contribution in [0.15, 0.2) is 83.8 Å². The highest BCUT2D eigenvalue weighted by Gasteiger charge is 2.30. The van der Waals surface area contributed by atoms with Crippen molar-refractivity contribution in [3.63, 3.8) is 0 Å². The summed E-state index contributed by atoms with van der Waals surface area (Å²) in [6.07, 6.45) is 0. The quantitative estimate of drug-likeness (QED) is 0.320. The Bertz CT molecular complexity index is 1460. The second kappa shape index (κ2) is 8.81. The van der Waals surface area contributed by atoms with Gasteiger partial charge in [-0.25, -0.2) is 8.42 Å². The zero-order valence-corrected chi connectivity index (χ0v) is 18.9. The van der Waals surface area contributed by atoms with Crippen LogP contribution < -0.4 is 4.90 Å². The molecule has 1 aliphatic rings. The number of sulfonamides is 1. The van der Waals surface area contributed by atoms with Gasteiger partial charge in [0.2, 0.25) is 10.0 Å². The summed E-state index contributed by atoms with van der Waals surface area (Å²) in [5.74, 6) is 0.677. The molecule has 1 saturated heterocycles. The standard InChI is InChI=1S/C24H21N5O4S/c30-29(31)19-7-4-8-20(17-19)34(32,33)28-15-13-27(14-16-28)24-12-11-23(25-26-24)22-10-3-6-18-5-1-2-9-21(18)22/h1-12,17H,13-16H2. The highest BCUT2D eigenvalue weighted by atomic mass is 32.2. The predicted octanol–water partition coefficient (Wildman–Crippen LogP) is 3.72. The van der Waals surface area contributed by atoms with Gasteiger partial charge in [-0.15, -0.1) is 10.2 Å². The number of hydrogen-bond acceptors (Lipinski definition) is 7. The third-order valence-corrected chi connectivity index (χ3v) is 7.84. The molecule has 3 aromatic carbocycles. The lowest BCUT2D eigenvalue weighted by molar-refractivity contribution is -0.385. The molecule has 0 saturated carbocycles. The van der Waals surface area contributed by atoms with Crippen molar-refractivity contribution in [1.82, 2.24) is 14.5 Å². The molecule has 1 aromatic heterocycles. The number of anilines is 1. The van der Waals surface area contributed by atoms with Gasteiger partial charge >= 0.3 is 0 Å². The number of benzene rings is 3. The first-order valence-electron chi connectivity index (χ1n) is 10.7. The van der Waals surface area contributed by atoms with Gasteiger partial charge in [0.05, 0.1) is 15.5 Å². The molecule has 0 unspecified atom stereocenters. The van der Waals surface area contributed by atoms with Crippen LogP contribution in [-0.4, -0.2) is 54.0 Å². The van der Waals surface area contributed by atoms with Crippen molar-refractivity contribution < 1.29 is 13.3 Å². The molecule has 0 N–H and O–H groups in total. The van der Waals surface area contributed by atoms with Crippen molar-refractivity contribution in [3.8, 4) is 11.3 Å². The molecule has 5 rings (SSSR count). The number of hydrogen-bond donors (Lipinski definition) is 0. The van der Waals surface area contributed by atoms with Gasteiger partial charge in [-0.1, -0.05) is 48.5 Å². The van der Waals surface area contributed by atoms with Gasteiger partial charge in [0, 0.05) is 43.9 Å². The van der Waals surface area contributed by atoms with Gasteiger partial charge in [0.15, 0.2) is 5.82 Å². The third-order valence-electron chi connectivity index (χ3n) is 5.94. The molecule has 9 nitrogen and oxygen atoms in total. The minimum atomic E-state index is -3.82. The molecule has 0 radical (unpaired) electrons. The molecule has 1 fully saturated rings. The zero-order chi connectivity index (χ0) is 23.7. The summed E-state index contributed by atoms with van der Waals surface area (Å²) in [4.78, 5) is 12.3. The first-order valence-corrected chi connectivity index (χ1v) is 12.2. The molecule has 4 aromatic rings. The van der Waals surface area contributed by atoms with Crippen molar-refractivity contribution >= 4 is 32.3 Å². The lowest BCUT2D eigenvalue weighted by Gasteiger charge is -2.34. The monoisotopic (exact) mass is 475 g/mol. The molecule has 1 aliphatic heterocycles. The van der Waals surface area contributed by atoms with Crippen LogP contribution in [0.2, 0.25) is 0 Å². The van der Waals surface area contributed by atoms with Gasteiger partial charge in [0.25, 0.3) is 5.69 Å². The smallest absolute Gasteiger partial charge is 0.270 e. The van der Waals surface area contributed by atoms with Crippen LogP contribution in [0.1, 0.15) is 0 Å². The van der Waals surface area contributed by atoms with Gasteiger partial charge in [0.1, 0.15) is 0 Å². The van der Waals surface area contributed by atoms with E-state index in [9.17, 15) is 18.5 Å².